The number of nitrogens with zero attached hydrogens (tertiary/aromatic N) is 1. The van der Waals surface area contributed by atoms with Crippen molar-refractivity contribution in [2.45, 2.75) is 38.6 Å². The minimum atomic E-state index is 0.0787. The maximum Gasteiger partial charge on any atom is 0.209 e. The summed E-state index contributed by atoms with van der Waals surface area (Å²) < 4.78 is 7.90. The van der Waals surface area contributed by atoms with Crippen molar-refractivity contribution >= 4 is 5.78 Å². The molecule has 0 amide bonds. The fraction of sp³-hybridized carbons (Fsp3) is 0.350. The molecule has 0 fully saturated rings. The predicted octanol–water partition coefficient (Wildman–Crippen LogP) is 4.54. The van der Waals surface area contributed by atoms with E-state index in [2.05, 4.69) is 18.1 Å². The number of allylic oxidation sites excluding steroid dienone is 1. The second-order valence-electron chi connectivity index (χ2n) is 6.00. The Labute approximate surface area is 137 Å². The largest absolute Gasteiger partial charge is 0.498 e. The van der Waals surface area contributed by atoms with Crippen LogP contribution in [0.4, 0.5) is 0 Å². The Bertz CT molecular complexity index is 700. The molecule has 2 aromatic rings. The molecule has 120 valence electrons. The molecule has 1 atom stereocenters. The third-order valence-electron chi connectivity index (χ3n) is 4.46. The van der Waals surface area contributed by atoms with Crippen LogP contribution < -0.4 is 0 Å². The monoisotopic (exact) mass is 309 g/mol. The predicted molar refractivity (Wildman–Crippen MR) is 91.7 cm³/mol. The van der Waals surface area contributed by atoms with Gasteiger partial charge >= 0.3 is 0 Å². The first-order chi connectivity index (χ1) is 11.2. The maximum absolute atomic E-state index is 12.7. The highest BCUT2D eigenvalue weighted by Crippen LogP contribution is 2.36. The first-order valence-electron chi connectivity index (χ1n) is 8.33. The van der Waals surface area contributed by atoms with Gasteiger partial charge in [-0.2, -0.15) is 0 Å². The number of hydrogen-bond donors (Lipinski definition) is 0. The first-order valence-corrected chi connectivity index (χ1v) is 8.33. The summed E-state index contributed by atoms with van der Waals surface area (Å²) in [4.78, 5) is 12.7. The van der Waals surface area contributed by atoms with Crippen molar-refractivity contribution in [3.05, 3.63) is 71.8 Å². The van der Waals surface area contributed by atoms with Crippen LogP contribution in [-0.4, -0.2) is 17.0 Å². The van der Waals surface area contributed by atoms with Gasteiger partial charge in [0.1, 0.15) is 0 Å². The topological polar surface area (TPSA) is 31.2 Å². The maximum atomic E-state index is 12.7. The molecule has 0 aliphatic carbocycles. The second-order valence-corrected chi connectivity index (χ2v) is 6.00. The number of ketones is 1. The van der Waals surface area contributed by atoms with Gasteiger partial charge < -0.3 is 9.30 Å². The number of ether oxygens (including phenoxy) is 1. The van der Waals surface area contributed by atoms with Gasteiger partial charge in [-0.1, -0.05) is 50.3 Å². The summed E-state index contributed by atoms with van der Waals surface area (Å²) >= 11 is 0. The van der Waals surface area contributed by atoms with Gasteiger partial charge in [-0.3, -0.25) is 4.79 Å². The number of carbonyl (C=O) groups excluding carboxylic acids is 1. The number of carbonyl (C=O) groups is 1. The smallest absolute Gasteiger partial charge is 0.209 e. The molecule has 3 rings (SSSR count). The zero-order valence-corrected chi connectivity index (χ0v) is 13.6. The Hall–Kier alpha value is -2.29. The van der Waals surface area contributed by atoms with E-state index in [-0.39, 0.29) is 11.7 Å². The number of aromatic nitrogens is 1. The van der Waals surface area contributed by atoms with Crippen molar-refractivity contribution in [3.63, 3.8) is 0 Å². The summed E-state index contributed by atoms with van der Waals surface area (Å²) in [5, 5.41) is 0. The van der Waals surface area contributed by atoms with Gasteiger partial charge in [-0.15, -0.1) is 0 Å². The Morgan fingerprint density at radius 2 is 2.04 bits per heavy atom. The van der Waals surface area contributed by atoms with Crippen LogP contribution in [0.2, 0.25) is 0 Å². The van der Waals surface area contributed by atoms with Crippen LogP contribution in [0.15, 0.2) is 54.8 Å². The van der Waals surface area contributed by atoms with Crippen molar-refractivity contribution in [2.24, 2.45) is 0 Å². The lowest BCUT2D eigenvalue weighted by atomic mass is 10.0. The normalized spacial score (nSPS) is 16.1. The lowest BCUT2D eigenvalue weighted by Gasteiger charge is -2.14. The van der Waals surface area contributed by atoms with Crippen molar-refractivity contribution in [1.29, 1.82) is 0 Å². The average molecular weight is 309 g/mol. The van der Waals surface area contributed by atoms with E-state index in [1.54, 1.807) is 0 Å². The van der Waals surface area contributed by atoms with Crippen molar-refractivity contribution < 1.29 is 9.53 Å². The number of hydrogen-bond acceptors (Lipinski definition) is 2. The van der Waals surface area contributed by atoms with E-state index in [9.17, 15) is 4.79 Å². The molecule has 0 bridgehead atoms. The van der Waals surface area contributed by atoms with Crippen LogP contribution in [0, 0.1) is 0 Å². The first kappa shape index (κ1) is 15.6. The molecule has 0 saturated carbocycles. The highest BCUT2D eigenvalue weighted by atomic mass is 16.5. The molecule has 1 aromatic heterocycles. The summed E-state index contributed by atoms with van der Waals surface area (Å²) in [6, 6.07) is 13.4. The van der Waals surface area contributed by atoms with Gasteiger partial charge in [-0.05, 0) is 25.0 Å². The molecule has 1 aromatic carbocycles. The highest BCUT2D eigenvalue weighted by Gasteiger charge is 2.29. The van der Waals surface area contributed by atoms with Crippen LogP contribution in [0.5, 0.6) is 0 Å². The molecule has 0 N–H and O–H groups in total. The van der Waals surface area contributed by atoms with E-state index in [0.717, 1.165) is 55.1 Å². The molecular weight excluding hydrogens is 286 g/mol. The molecule has 23 heavy (non-hydrogen) atoms. The lowest BCUT2D eigenvalue weighted by Crippen LogP contribution is -2.08. The van der Waals surface area contributed by atoms with E-state index in [1.807, 2.05) is 42.5 Å². The molecule has 0 saturated heterocycles. The van der Waals surface area contributed by atoms with Gasteiger partial charge in [0.25, 0.3) is 0 Å². The van der Waals surface area contributed by atoms with Gasteiger partial charge in [0.05, 0.1) is 24.0 Å². The number of benzene rings is 1. The van der Waals surface area contributed by atoms with E-state index in [0.29, 0.717) is 0 Å². The molecule has 3 heteroatoms. The van der Waals surface area contributed by atoms with Gasteiger partial charge in [-0.25, -0.2) is 0 Å². The summed E-state index contributed by atoms with van der Waals surface area (Å²) in [6.07, 6.45) is 3.12. The second kappa shape index (κ2) is 6.86. The van der Waals surface area contributed by atoms with Crippen molar-refractivity contribution in [2.75, 3.05) is 6.61 Å². The van der Waals surface area contributed by atoms with Gasteiger partial charge in [0.15, 0.2) is 0 Å². The van der Waals surface area contributed by atoms with Gasteiger partial charge in [0, 0.05) is 17.8 Å². The fourth-order valence-corrected chi connectivity index (χ4v) is 3.15. The summed E-state index contributed by atoms with van der Waals surface area (Å²) in [7, 11) is 0. The molecular formula is C20H23NO2. The van der Waals surface area contributed by atoms with E-state index in [4.69, 9.17) is 4.74 Å². The molecule has 2 heterocycles. The Morgan fingerprint density at radius 1 is 1.26 bits per heavy atom. The standard InChI is InChI=1S/C20H23NO2/c1-3-4-14-23-15(2)17-12-13-21-18(17)10-11-19(21)20(22)16-8-6-5-7-9-16/h5-11,17H,2-4,12-14H2,1H3. The van der Waals surface area contributed by atoms with Crippen molar-refractivity contribution in [1.82, 2.24) is 4.57 Å². The third kappa shape index (κ3) is 3.09. The number of rotatable bonds is 7. The Balaban J connectivity index is 1.78. The summed E-state index contributed by atoms with van der Waals surface area (Å²) in [5.74, 6) is 1.10. The Morgan fingerprint density at radius 3 is 2.78 bits per heavy atom. The molecule has 1 unspecified atom stereocenters. The van der Waals surface area contributed by atoms with Crippen LogP contribution in [0.25, 0.3) is 0 Å². The third-order valence-corrected chi connectivity index (χ3v) is 4.46. The number of fused-ring (bicyclic) bond motifs is 1. The number of unbranched alkanes of at least 4 members (excludes halogenated alkanes) is 1. The molecule has 0 radical (unpaired) electrons. The fourth-order valence-electron chi connectivity index (χ4n) is 3.15. The van der Waals surface area contributed by atoms with Gasteiger partial charge in [0.2, 0.25) is 5.78 Å². The van der Waals surface area contributed by atoms with Crippen LogP contribution in [0.3, 0.4) is 0 Å². The molecule has 3 nitrogen and oxygen atoms in total. The van der Waals surface area contributed by atoms with E-state index in [1.165, 1.54) is 0 Å². The van der Waals surface area contributed by atoms with Crippen LogP contribution in [-0.2, 0) is 11.3 Å². The highest BCUT2D eigenvalue weighted by molar-refractivity contribution is 6.08. The SMILES string of the molecule is C=C(OCCCC)C1CCn2c(C(=O)c3ccccc3)ccc21. The minimum absolute atomic E-state index is 0.0787. The zero-order chi connectivity index (χ0) is 16.2. The minimum Gasteiger partial charge on any atom is -0.498 e. The molecule has 1 aliphatic rings. The van der Waals surface area contributed by atoms with Crippen LogP contribution >= 0.6 is 0 Å². The quantitative estimate of drug-likeness (QED) is 0.427. The van der Waals surface area contributed by atoms with Crippen molar-refractivity contribution in [3.8, 4) is 0 Å². The summed E-state index contributed by atoms with van der Waals surface area (Å²) in [5.41, 5.74) is 2.63. The molecule has 1 aliphatic heterocycles. The molecule has 0 spiro atoms. The van der Waals surface area contributed by atoms with E-state index >= 15 is 0 Å². The summed E-state index contributed by atoms with van der Waals surface area (Å²) in [6.45, 7) is 7.82. The lowest BCUT2D eigenvalue weighted by molar-refractivity contribution is 0.103. The van der Waals surface area contributed by atoms with Crippen LogP contribution in [0.1, 0.15) is 53.8 Å². The zero-order valence-electron chi connectivity index (χ0n) is 13.6. The Kier molecular flexibility index (Phi) is 4.65. The van der Waals surface area contributed by atoms with E-state index < -0.39 is 0 Å². The average Bonchev–Trinajstić information content (AvgIpc) is 3.17.